The average Bonchev–Trinajstić information content (AvgIpc) is 2.60. The normalized spacial score (nSPS) is 11.0. The van der Waals surface area contributed by atoms with E-state index in [-0.39, 0.29) is 79.9 Å². The molecule has 1 aromatic carbocycles. The Bertz CT molecular complexity index is 910. The van der Waals surface area contributed by atoms with Crippen LogP contribution >= 0.6 is 15.9 Å². The molecule has 2 N–H and O–H groups in total. The van der Waals surface area contributed by atoms with Gasteiger partial charge < -0.3 is 12.9 Å². The van der Waals surface area contributed by atoms with Gasteiger partial charge in [-0.1, -0.05) is 6.92 Å². The molecule has 0 aliphatic heterocycles. The zero-order chi connectivity index (χ0) is 19.9. The van der Waals surface area contributed by atoms with Gasteiger partial charge in [0, 0.05) is 35.5 Å². The molecule has 29 heavy (non-hydrogen) atoms. The summed E-state index contributed by atoms with van der Waals surface area (Å²) in [4.78, 5) is 6.03. The molecule has 150 valence electrons. The largest absolute Gasteiger partial charge is 1.00 e. The van der Waals surface area contributed by atoms with E-state index in [1.165, 1.54) is 0 Å². The smallest absolute Gasteiger partial charge is 1.00 e. The Hall–Kier alpha value is -0.0400. The van der Waals surface area contributed by atoms with E-state index >= 15 is 0 Å². The van der Waals surface area contributed by atoms with Crippen molar-refractivity contribution in [3.8, 4) is 5.75 Å². The summed E-state index contributed by atoms with van der Waals surface area (Å²) in [6, 6.07) is 8.47. The van der Waals surface area contributed by atoms with E-state index in [9.17, 15) is 13.5 Å². The maximum absolute atomic E-state index is 10.9. The Morgan fingerprint density at radius 1 is 1.17 bits per heavy atom. The van der Waals surface area contributed by atoms with Gasteiger partial charge in [0.25, 0.3) is 10.1 Å². The van der Waals surface area contributed by atoms with E-state index in [1.807, 2.05) is 11.8 Å². The van der Waals surface area contributed by atoms with E-state index in [4.69, 9.17) is 4.55 Å². The van der Waals surface area contributed by atoms with E-state index < -0.39 is 10.1 Å². The molecule has 0 aliphatic carbocycles. The predicted octanol–water partition coefficient (Wildman–Crippen LogP) is -1.31. The first-order chi connectivity index (χ1) is 12.8. The van der Waals surface area contributed by atoms with Gasteiger partial charge in [-0.3, -0.25) is 4.55 Å². The number of phenolic OH excluding ortho intramolecular Hbond substituents is 1. The maximum Gasteiger partial charge on any atom is 1.00 e. The topological polar surface area (TPSA) is 115 Å². The molecule has 2 aromatic rings. The van der Waals surface area contributed by atoms with Crippen molar-refractivity contribution in [3.05, 3.63) is 41.0 Å². The summed E-state index contributed by atoms with van der Waals surface area (Å²) in [5, 5.41) is 18.2. The second kappa shape index (κ2) is 14.1. The average molecular weight is 505 g/mol. The number of rotatable bonds is 9. The van der Waals surface area contributed by atoms with Gasteiger partial charge >= 0.3 is 59.1 Å². The van der Waals surface area contributed by atoms with Crippen molar-refractivity contribution >= 4 is 43.2 Å². The molecular weight excluding hydrogens is 482 g/mol. The van der Waals surface area contributed by atoms with Crippen molar-refractivity contribution in [2.45, 2.75) is 19.8 Å². The number of azo groups is 1. The molecule has 0 fully saturated rings. The second-order valence-electron chi connectivity index (χ2n) is 5.83. The fourth-order valence-corrected chi connectivity index (χ4v) is 3.13. The van der Waals surface area contributed by atoms with Crippen LogP contribution < -0.4 is 64.0 Å². The van der Waals surface area contributed by atoms with E-state index in [0.29, 0.717) is 24.6 Å². The molecule has 8 nitrogen and oxygen atoms in total. The van der Waals surface area contributed by atoms with Crippen molar-refractivity contribution < 1.29 is 80.0 Å². The first-order valence-electron chi connectivity index (χ1n) is 8.35. The van der Waals surface area contributed by atoms with Gasteiger partial charge in [-0.25, -0.2) is 4.98 Å². The molecule has 2 rings (SSSR count). The molecule has 0 bridgehead atoms. The molecule has 0 unspecified atom stereocenters. The number of aromatic hydroxyl groups is 1. The van der Waals surface area contributed by atoms with Crippen LogP contribution in [0.4, 0.5) is 17.2 Å². The Balaban J connectivity index is -0.00000196. The minimum atomic E-state index is -3.98. The monoisotopic (exact) mass is 504 g/mol. The van der Waals surface area contributed by atoms with E-state index in [0.717, 1.165) is 16.6 Å². The number of hydrogen-bond acceptors (Lipinski definition) is 7. The molecular formula is C17H23BrN4Na2O4S. The molecule has 0 spiro atoms. The molecule has 0 aliphatic rings. The van der Waals surface area contributed by atoms with Gasteiger partial charge in [0.2, 0.25) is 0 Å². The Morgan fingerprint density at radius 3 is 2.45 bits per heavy atom. The van der Waals surface area contributed by atoms with Gasteiger partial charge in [0.1, 0.15) is 11.4 Å². The number of phenols is 1. The third kappa shape index (κ3) is 10.7. The van der Waals surface area contributed by atoms with Crippen molar-refractivity contribution in [1.29, 1.82) is 0 Å². The van der Waals surface area contributed by atoms with E-state index in [1.54, 1.807) is 36.5 Å². The third-order valence-electron chi connectivity index (χ3n) is 3.62. The number of halogens is 1. The summed E-state index contributed by atoms with van der Waals surface area (Å²) in [5.74, 6) is 0.0785. The molecule has 1 heterocycles. The van der Waals surface area contributed by atoms with Crippen LogP contribution in [-0.2, 0) is 10.1 Å². The predicted molar refractivity (Wildman–Crippen MR) is 110 cm³/mol. The Labute approximate surface area is 226 Å². The fraction of sp³-hybridized carbons (Fsp3) is 0.353. The van der Waals surface area contributed by atoms with Crippen molar-refractivity contribution in [3.63, 3.8) is 0 Å². The SMILES string of the molecule is CCCN(CCCS(=O)(=O)O)c1ccc(N=Nc2ccc(Br)cn2)c(O)c1.[H-].[H-].[Na+].[Na+]. The molecule has 0 amide bonds. The van der Waals surface area contributed by atoms with Crippen LogP contribution in [0.2, 0.25) is 0 Å². The zero-order valence-electron chi connectivity index (χ0n) is 18.8. The molecule has 0 radical (unpaired) electrons. The zero-order valence-corrected chi connectivity index (χ0v) is 23.2. The number of benzene rings is 1. The quantitative estimate of drug-likeness (QED) is 0.249. The minimum Gasteiger partial charge on any atom is -1.00 e. The maximum atomic E-state index is 10.9. The second-order valence-corrected chi connectivity index (χ2v) is 8.32. The summed E-state index contributed by atoms with van der Waals surface area (Å²) >= 11 is 3.29. The molecule has 1 aromatic heterocycles. The van der Waals surface area contributed by atoms with Gasteiger partial charge in [-0.05, 0) is 53.0 Å². The molecule has 12 heteroatoms. The van der Waals surface area contributed by atoms with Crippen molar-refractivity contribution in [2.75, 3.05) is 23.7 Å². The fourth-order valence-electron chi connectivity index (χ4n) is 2.40. The van der Waals surface area contributed by atoms with Crippen LogP contribution in [0.15, 0.2) is 51.2 Å². The summed E-state index contributed by atoms with van der Waals surface area (Å²) in [7, 11) is -3.98. The van der Waals surface area contributed by atoms with Crippen LogP contribution in [0, 0.1) is 0 Å². The third-order valence-corrected chi connectivity index (χ3v) is 4.89. The number of hydrogen-bond donors (Lipinski definition) is 2. The first-order valence-corrected chi connectivity index (χ1v) is 10.7. The molecule has 0 atom stereocenters. The van der Waals surface area contributed by atoms with Gasteiger partial charge in [0.05, 0.1) is 5.75 Å². The number of aromatic nitrogens is 1. The summed E-state index contributed by atoms with van der Waals surface area (Å²) in [5.41, 5.74) is 1.04. The number of anilines is 1. The van der Waals surface area contributed by atoms with Crippen LogP contribution in [0.1, 0.15) is 22.6 Å². The van der Waals surface area contributed by atoms with E-state index in [2.05, 4.69) is 31.1 Å². The Morgan fingerprint density at radius 2 is 1.90 bits per heavy atom. The summed E-state index contributed by atoms with van der Waals surface area (Å²) in [6.45, 7) is 3.13. The van der Waals surface area contributed by atoms with Gasteiger partial charge in [-0.2, -0.15) is 8.42 Å². The summed E-state index contributed by atoms with van der Waals surface area (Å²) < 4.78 is 31.5. The number of nitrogens with zero attached hydrogens (tertiary/aromatic N) is 4. The van der Waals surface area contributed by atoms with Crippen molar-refractivity contribution in [2.24, 2.45) is 10.2 Å². The molecule has 0 saturated carbocycles. The number of pyridine rings is 1. The standard InChI is InChI=1S/C17H21BrN4O4S.2Na.2H/c1-2-8-22(9-3-10-27(24,25)26)14-5-6-15(16(23)11-14)20-21-17-7-4-13(18)12-19-17;;;;/h4-7,11-12,23H,2-3,8-10H2,1H3,(H,24,25,26);;;;/q;2*+1;2*-1. The van der Waals surface area contributed by atoms with Crippen LogP contribution in [0.5, 0.6) is 5.75 Å². The summed E-state index contributed by atoms with van der Waals surface area (Å²) in [6.07, 6.45) is 2.74. The van der Waals surface area contributed by atoms with Crippen LogP contribution in [0.25, 0.3) is 0 Å². The van der Waals surface area contributed by atoms with Gasteiger partial charge in [-0.15, -0.1) is 10.2 Å². The Kier molecular flexibility index (Phi) is 14.1. The van der Waals surface area contributed by atoms with Gasteiger partial charge in [0.15, 0.2) is 5.82 Å². The van der Waals surface area contributed by atoms with Crippen molar-refractivity contribution in [1.82, 2.24) is 4.98 Å². The van der Waals surface area contributed by atoms with Crippen LogP contribution in [0.3, 0.4) is 0 Å². The minimum absolute atomic E-state index is 0. The van der Waals surface area contributed by atoms with Crippen LogP contribution in [-0.4, -0.2) is 41.9 Å². The molecule has 0 saturated heterocycles. The first kappa shape index (κ1) is 29.0.